The second-order valence-electron chi connectivity index (χ2n) is 7.25. The van der Waals surface area contributed by atoms with E-state index in [-0.39, 0.29) is 5.91 Å². The molecule has 3 aromatic carbocycles. The Hall–Kier alpha value is -3.51. The Morgan fingerprint density at radius 3 is 2.50 bits per heavy atom. The number of nitrogens with one attached hydrogen (secondary N) is 1. The Morgan fingerprint density at radius 1 is 1.03 bits per heavy atom. The first-order valence-corrected chi connectivity index (χ1v) is 10.8. The molecule has 0 saturated heterocycles. The van der Waals surface area contributed by atoms with Crippen LogP contribution in [0, 0.1) is 0 Å². The van der Waals surface area contributed by atoms with Gasteiger partial charge in [0, 0.05) is 38.8 Å². The minimum absolute atomic E-state index is 0.228. The summed E-state index contributed by atoms with van der Waals surface area (Å²) in [5, 5.41) is 3.82. The summed E-state index contributed by atoms with van der Waals surface area (Å²) in [5.74, 6) is 1.14. The van der Waals surface area contributed by atoms with Crippen molar-refractivity contribution >= 4 is 44.1 Å². The fraction of sp³-hybridized carbons (Fsp3) is 0.115. The molecule has 1 heterocycles. The first-order chi connectivity index (χ1) is 15.5. The van der Waals surface area contributed by atoms with Gasteiger partial charge in [0.2, 0.25) is 5.91 Å². The number of halogens is 1. The van der Waals surface area contributed by atoms with Crippen molar-refractivity contribution in [1.29, 1.82) is 0 Å². The average Bonchev–Trinajstić information content (AvgIpc) is 3.21. The van der Waals surface area contributed by atoms with Crippen molar-refractivity contribution in [3.63, 3.8) is 0 Å². The number of benzene rings is 3. The summed E-state index contributed by atoms with van der Waals surface area (Å²) in [6.07, 6.45) is 3.30. The van der Waals surface area contributed by atoms with Gasteiger partial charge in [-0.05, 0) is 60.5 Å². The standard InChI is InChI=1S/C26H22BrNO4/c1-16(11-26(29)28-19-7-9-20(30-2)10-8-19)21-13-22-23(17-5-4-6-18(27)12-17)15-32-25(22)14-24(21)31-3/h4-15H,1-3H3,(H,28,29)/b16-11+. The number of carbonyl (C=O) groups excluding carboxylic acids is 1. The summed E-state index contributed by atoms with van der Waals surface area (Å²) in [5.41, 5.74) is 5.01. The van der Waals surface area contributed by atoms with Crippen LogP contribution in [0.25, 0.3) is 27.7 Å². The van der Waals surface area contributed by atoms with E-state index in [9.17, 15) is 4.79 Å². The highest BCUT2D eigenvalue weighted by Crippen LogP contribution is 2.38. The van der Waals surface area contributed by atoms with Gasteiger partial charge < -0.3 is 19.2 Å². The van der Waals surface area contributed by atoms with E-state index >= 15 is 0 Å². The highest BCUT2D eigenvalue weighted by molar-refractivity contribution is 9.10. The SMILES string of the molecule is COc1ccc(NC(=O)/C=C(\C)c2cc3c(-c4cccc(Br)c4)coc3cc2OC)cc1. The molecular weight excluding hydrogens is 470 g/mol. The number of allylic oxidation sites excluding steroid dienone is 1. The molecule has 32 heavy (non-hydrogen) atoms. The van der Waals surface area contributed by atoms with Gasteiger partial charge in [-0.2, -0.15) is 0 Å². The van der Waals surface area contributed by atoms with Crippen LogP contribution < -0.4 is 14.8 Å². The molecule has 162 valence electrons. The maximum Gasteiger partial charge on any atom is 0.248 e. The lowest BCUT2D eigenvalue weighted by Crippen LogP contribution is -2.08. The lowest BCUT2D eigenvalue weighted by Gasteiger charge is -2.10. The summed E-state index contributed by atoms with van der Waals surface area (Å²) in [7, 11) is 3.21. The third-order valence-electron chi connectivity index (χ3n) is 5.16. The first-order valence-electron chi connectivity index (χ1n) is 9.97. The normalized spacial score (nSPS) is 11.4. The van der Waals surface area contributed by atoms with Crippen LogP contribution in [0.2, 0.25) is 0 Å². The van der Waals surface area contributed by atoms with Gasteiger partial charge in [-0.15, -0.1) is 0 Å². The number of amides is 1. The molecule has 0 aliphatic rings. The van der Waals surface area contributed by atoms with E-state index in [0.717, 1.165) is 43.5 Å². The van der Waals surface area contributed by atoms with Gasteiger partial charge in [0.05, 0.1) is 20.5 Å². The van der Waals surface area contributed by atoms with Gasteiger partial charge in [0.1, 0.15) is 17.1 Å². The molecule has 0 saturated carbocycles. The molecule has 0 bridgehead atoms. The van der Waals surface area contributed by atoms with E-state index in [1.807, 2.05) is 43.3 Å². The molecule has 0 aliphatic carbocycles. The van der Waals surface area contributed by atoms with Gasteiger partial charge in [-0.3, -0.25) is 4.79 Å². The molecule has 0 aliphatic heterocycles. The number of rotatable bonds is 6. The van der Waals surface area contributed by atoms with Gasteiger partial charge in [-0.25, -0.2) is 0 Å². The van der Waals surface area contributed by atoms with E-state index < -0.39 is 0 Å². The van der Waals surface area contributed by atoms with Crippen molar-refractivity contribution in [3.8, 4) is 22.6 Å². The summed E-state index contributed by atoms with van der Waals surface area (Å²) in [4.78, 5) is 12.6. The number of carbonyl (C=O) groups is 1. The fourth-order valence-electron chi connectivity index (χ4n) is 3.54. The van der Waals surface area contributed by atoms with E-state index in [4.69, 9.17) is 13.9 Å². The Labute approximate surface area is 194 Å². The predicted octanol–water partition coefficient (Wildman–Crippen LogP) is 6.92. The third-order valence-corrected chi connectivity index (χ3v) is 5.65. The molecule has 0 atom stereocenters. The molecule has 4 rings (SSSR count). The Bertz CT molecular complexity index is 1310. The van der Waals surface area contributed by atoms with Crippen LogP contribution >= 0.6 is 15.9 Å². The highest BCUT2D eigenvalue weighted by Gasteiger charge is 2.15. The average molecular weight is 492 g/mol. The van der Waals surface area contributed by atoms with Crippen molar-refractivity contribution in [2.45, 2.75) is 6.92 Å². The van der Waals surface area contributed by atoms with Crippen molar-refractivity contribution < 1.29 is 18.7 Å². The van der Waals surface area contributed by atoms with Crippen molar-refractivity contribution in [2.24, 2.45) is 0 Å². The van der Waals surface area contributed by atoms with Gasteiger partial charge in [-0.1, -0.05) is 28.1 Å². The van der Waals surface area contributed by atoms with Crippen LogP contribution in [0.15, 0.2) is 81.9 Å². The number of furan rings is 1. The zero-order chi connectivity index (χ0) is 22.7. The number of hydrogen-bond donors (Lipinski definition) is 1. The third kappa shape index (κ3) is 4.55. The molecule has 5 nitrogen and oxygen atoms in total. The first kappa shape index (κ1) is 21.7. The largest absolute Gasteiger partial charge is 0.497 e. The van der Waals surface area contributed by atoms with Crippen molar-refractivity contribution in [1.82, 2.24) is 0 Å². The van der Waals surface area contributed by atoms with Crippen LogP contribution in [0.5, 0.6) is 11.5 Å². The Morgan fingerprint density at radius 2 is 1.81 bits per heavy atom. The zero-order valence-electron chi connectivity index (χ0n) is 17.9. The molecule has 4 aromatic rings. The molecule has 0 fully saturated rings. The van der Waals surface area contributed by atoms with Crippen molar-refractivity contribution in [3.05, 3.63) is 83.0 Å². The molecule has 6 heteroatoms. The van der Waals surface area contributed by atoms with Gasteiger partial charge in [0.15, 0.2) is 0 Å². The number of ether oxygens (including phenoxy) is 2. The summed E-state index contributed by atoms with van der Waals surface area (Å²) < 4.78 is 17.5. The number of hydrogen-bond acceptors (Lipinski definition) is 4. The predicted molar refractivity (Wildman–Crippen MR) is 131 cm³/mol. The van der Waals surface area contributed by atoms with E-state index in [2.05, 4.69) is 21.2 Å². The number of anilines is 1. The lowest BCUT2D eigenvalue weighted by molar-refractivity contribution is -0.111. The minimum Gasteiger partial charge on any atom is -0.497 e. The van der Waals surface area contributed by atoms with E-state index in [0.29, 0.717) is 11.4 Å². The quantitative estimate of drug-likeness (QED) is 0.297. The highest BCUT2D eigenvalue weighted by atomic mass is 79.9. The van der Waals surface area contributed by atoms with Gasteiger partial charge >= 0.3 is 0 Å². The fourth-order valence-corrected chi connectivity index (χ4v) is 3.94. The number of fused-ring (bicyclic) bond motifs is 1. The zero-order valence-corrected chi connectivity index (χ0v) is 19.5. The topological polar surface area (TPSA) is 60.7 Å². The summed E-state index contributed by atoms with van der Waals surface area (Å²) in [6, 6.07) is 19.1. The van der Waals surface area contributed by atoms with Crippen LogP contribution in [0.4, 0.5) is 5.69 Å². The molecule has 1 N–H and O–H groups in total. The second kappa shape index (κ2) is 9.32. The van der Waals surface area contributed by atoms with Crippen LogP contribution in [-0.4, -0.2) is 20.1 Å². The maximum atomic E-state index is 12.6. The van der Waals surface area contributed by atoms with E-state index in [1.165, 1.54) is 0 Å². The minimum atomic E-state index is -0.228. The Balaban J connectivity index is 1.68. The van der Waals surface area contributed by atoms with Crippen LogP contribution in [-0.2, 0) is 4.79 Å². The molecule has 1 aromatic heterocycles. The summed E-state index contributed by atoms with van der Waals surface area (Å²) >= 11 is 3.52. The molecular formula is C26H22BrNO4. The smallest absolute Gasteiger partial charge is 0.248 e. The molecule has 0 unspecified atom stereocenters. The number of methoxy groups -OCH3 is 2. The monoisotopic (exact) mass is 491 g/mol. The second-order valence-corrected chi connectivity index (χ2v) is 8.17. The van der Waals surface area contributed by atoms with Crippen LogP contribution in [0.1, 0.15) is 12.5 Å². The molecule has 0 spiro atoms. The van der Waals surface area contributed by atoms with Crippen LogP contribution in [0.3, 0.4) is 0 Å². The van der Waals surface area contributed by atoms with Gasteiger partial charge in [0.25, 0.3) is 0 Å². The molecule has 0 radical (unpaired) electrons. The van der Waals surface area contributed by atoms with Crippen molar-refractivity contribution in [2.75, 3.05) is 19.5 Å². The lowest BCUT2D eigenvalue weighted by atomic mass is 9.99. The molecule has 1 amide bonds. The van der Waals surface area contributed by atoms with E-state index in [1.54, 1.807) is 50.8 Å². The Kier molecular flexibility index (Phi) is 6.32. The summed E-state index contributed by atoms with van der Waals surface area (Å²) in [6.45, 7) is 1.89. The maximum absolute atomic E-state index is 12.6.